The molecule has 30 heavy (non-hydrogen) atoms. The number of aromatic amines is 1. The first-order valence-corrected chi connectivity index (χ1v) is 10.9. The fourth-order valence-electron chi connectivity index (χ4n) is 4.48. The summed E-state index contributed by atoms with van der Waals surface area (Å²) in [6, 6.07) is 4.69. The van der Waals surface area contributed by atoms with E-state index in [9.17, 15) is 0 Å². The van der Waals surface area contributed by atoms with Crippen LogP contribution in [0.1, 0.15) is 32.6 Å². The minimum absolute atomic E-state index is 0.272. The molecule has 0 bridgehead atoms. The standard InChI is InChI=1S/C22H26ClN7/c1-3-30-12-17-18(28-30)8-7-15(20(17)23)16-10-26-22-21(16)25-11-19(27-22)29(2)14-6-4-5-13(24)9-14/h7-8,10-14H,3-6,9,24H2,1-2H3,(H,26,27)/t13-,14-/m1/s1. The second kappa shape index (κ2) is 7.56. The van der Waals surface area contributed by atoms with Gasteiger partial charge in [-0.15, -0.1) is 0 Å². The number of aromatic nitrogens is 5. The van der Waals surface area contributed by atoms with Gasteiger partial charge in [-0.2, -0.15) is 5.10 Å². The molecule has 0 radical (unpaired) electrons. The number of hydrogen-bond donors (Lipinski definition) is 2. The molecule has 0 unspecified atom stereocenters. The lowest BCUT2D eigenvalue weighted by molar-refractivity contribution is 0.381. The van der Waals surface area contributed by atoms with Gasteiger partial charge in [-0.25, -0.2) is 9.97 Å². The Kier molecular flexibility index (Phi) is 4.87. The van der Waals surface area contributed by atoms with Crippen molar-refractivity contribution in [1.29, 1.82) is 0 Å². The van der Waals surface area contributed by atoms with Crippen LogP contribution in [0.15, 0.2) is 30.7 Å². The minimum atomic E-state index is 0.272. The number of nitrogens with zero attached hydrogens (tertiary/aromatic N) is 5. The zero-order valence-corrected chi connectivity index (χ0v) is 18.0. The van der Waals surface area contributed by atoms with Crippen molar-refractivity contribution in [3.63, 3.8) is 0 Å². The summed E-state index contributed by atoms with van der Waals surface area (Å²) >= 11 is 6.77. The summed E-state index contributed by atoms with van der Waals surface area (Å²) in [6.07, 6.45) is 10.2. The number of rotatable bonds is 4. The molecule has 1 aliphatic carbocycles. The second-order valence-electron chi connectivity index (χ2n) is 8.16. The summed E-state index contributed by atoms with van der Waals surface area (Å²) < 4.78 is 1.90. The van der Waals surface area contributed by atoms with E-state index in [0.717, 1.165) is 71.2 Å². The quantitative estimate of drug-likeness (QED) is 0.509. The molecule has 1 aliphatic rings. The predicted molar refractivity (Wildman–Crippen MR) is 122 cm³/mol. The molecule has 1 aromatic carbocycles. The van der Waals surface area contributed by atoms with Crippen LogP contribution in [-0.2, 0) is 6.54 Å². The van der Waals surface area contributed by atoms with Gasteiger partial charge in [0, 0.05) is 54.6 Å². The van der Waals surface area contributed by atoms with Gasteiger partial charge in [0.15, 0.2) is 5.65 Å². The molecule has 0 amide bonds. The Morgan fingerprint density at radius 2 is 2.17 bits per heavy atom. The molecule has 0 aliphatic heterocycles. The van der Waals surface area contributed by atoms with Crippen LogP contribution in [-0.4, -0.2) is 43.9 Å². The maximum Gasteiger partial charge on any atom is 0.159 e. The maximum atomic E-state index is 6.77. The van der Waals surface area contributed by atoms with Crippen molar-refractivity contribution in [3.05, 3.63) is 35.7 Å². The summed E-state index contributed by atoms with van der Waals surface area (Å²) in [5.41, 5.74) is 10.5. The zero-order chi connectivity index (χ0) is 20.8. The number of hydrogen-bond acceptors (Lipinski definition) is 5. The number of benzene rings is 1. The monoisotopic (exact) mass is 423 g/mol. The van der Waals surface area contributed by atoms with E-state index >= 15 is 0 Å². The molecule has 8 heteroatoms. The molecule has 2 atom stereocenters. The fraction of sp³-hybridized carbons (Fsp3) is 0.409. The van der Waals surface area contributed by atoms with Crippen molar-refractivity contribution in [3.8, 4) is 11.1 Å². The SMILES string of the molecule is CCn1cc2c(Cl)c(-c3c[nH]c4nc(N(C)[C@@H]5CCC[C@@H](N)C5)cnc34)ccc2n1. The van der Waals surface area contributed by atoms with Crippen LogP contribution in [0.5, 0.6) is 0 Å². The van der Waals surface area contributed by atoms with E-state index in [1.54, 1.807) is 0 Å². The Hall–Kier alpha value is -2.64. The van der Waals surface area contributed by atoms with Gasteiger partial charge in [-0.3, -0.25) is 4.68 Å². The predicted octanol–water partition coefficient (Wildman–Crippen LogP) is 4.35. The highest BCUT2D eigenvalue weighted by Crippen LogP contribution is 2.37. The Labute approximate surface area is 180 Å². The summed E-state index contributed by atoms with van der Waals surface area (Å²) in [7, 11) is 2.08. The van der Waals surface area contributed by atoms with E-state index < -0.39 is 0 Å². The van der Waals surface area contributed by atoms with Crippen molar-refractivity contribution in [1.82, 2.24) is 24.7 Å². The first-order valence-electron chi connectivity index (χ1n) is 10.5. The highest BCUT2D eigenvalue weighted by atomic mass is 35.5. The van der Waals surface area contributed by atoms with Crippen LogP contribution in [0.25, 0.3) is 33.2 Å². The van der Waals surface area contributed by atoms with Crippen LogP contribution in [0.3, 0.4) is 0 Å². The van der Waals surface area contributed by atoms with Crippen molar-refractivity contribution >= 4 is 39.5 Å². The van der Waals surface area contributed by atoms with Crippen LogP contribution in [0, 0.1) is 0 Å². The topological polar surface area (TPSA) is 88.7 Å². The third-order valence-electron chi connectivity index (χ3n) is 6.25. The van der Waals surface area contributed by atoms with Gasteiger partial charge in [-0.05, 0) is 38.7 Å². The average molecular weight is 424 g/mol. The minimum Gasteiger partial charge on any atom is -0.355 e. The van der Waals surface area contributed by atoms with Gasteiger partial charge in [-0.1, -0.05) is 17.7 Å². The van der Waals surface area contributed by atoms with Gasteiger partial charge >= 0.3 is 0 Å². The first kappa shape index (κ1) is 19.3. The van der Waals surface area contributed by atoms with Crippen molar-refractivity contribution < 1.29 is 0 Å². The lowest BCUT2D eigenvalue weighted by Gasteiger charge is -2.34. The van der Waals surface area contributed by atoms with Gasteiger partial charge in [0.1, 0.15) is 11.3 Å². The van der Waals surface area contributed by atoms with Gasteiger partial charge in [0.2, 0.25) is 0 Å². The molecule has 4 aromatic rings. The van der Waals surface area contributed by atoms with E-state index in [0.29, 0.717) is 11.1 Å². The normalized spacial score (nSPS) is 19.6. The number of H-pyrrole nitrogens is 1. The molecule has 7 nitrogen and oxygen atoms in total. The first-order chi connectivity index (χ1) is 14.5. The lowest BCUT2D eigenvalue weighted by atomic mass is 9.91. The van der Waals surface area contributed by atoms with Crippen LogP contribution in [0.4, 0.5) is 5.82 Å². The van der Waals surface area contributed by atoms with E-state index in [1.165, 1.54) is 0 Å². The van der Waals surface area contributed by atoms with E-state index in [-0.39, 0.29) is 6.04 Å². The maximum absolute atomic E-state index is 6.77. The van der Waals surface area contributed by atoms with Crippen molar-refractivity contribution in [2.75, 3.05) is 11.9 Å². The molecule has 5 rings (SSSR count). The number of aryl methyl sites for hydroxylation is 1. The summed E-state index contributed by atoms with van der Waals surface area (Å²) in [5, 5.41) is 6.17. The lowest BCUT2D eigenvalue weighted by Crippen LogP contribution is -2.41. The van der Waals surface area contributed by atoms with E-state index in [1.807, 2.05) is 35.4 Å². The highest BCUT2D eigenvalue weighted by Gasteiger charge is 2.24. The number of halogens is 1. The number of fused-ring (bicyclic) bond motifs is 2. The smallest absolute Gasteiger partial charge is 0.159 e. The molecule has 1 fully saturated rings. The molecule has 0 saturated heterocycles. The summed E-state index contributed by atoms with van der Waals surface area (Å²) in [4.78, 5) is 15.1. The molecule has 3 heterocycles. The van der Waals surface area contributed by atoms with E-state index in [4.69, 9.17) is 27.3 Å². The molecular weight excluding hydrogens is 398 g/mol. The van der Waals surface area contributed by atoms with Gasteiger partial charge < -0.3 is 15.6 Å². The zero-order valence-electron chi connectivity index (χ0n) is 17.3. The summed E-state index contributed by atoms with van der Waals surface area (Å²) in [5.74, 6) is 0.862. The Balaban J connectivity index is 1.51. The van der Waals surface area contributed by atoms with Crippen LogP contribution >= 0.6 is 11.6 Å². The van der Waals surface area contributed by atoms with Crippen LogP contribution in [0.2, 0.25) is 5.02 Å². The van der Waals surface area contributed by atoms with Gasteiger partial charge in [0.25, 0.3) is 0 Å². The molecule has 1 saturated carbocycles. The Morgan fingerprint density at radius 3 is 2.97 bits per heavy atom. The molecule has 3 N–H and O–H groups in total. The molecule has 0 spiro atoms. The Bertz CT molecular complexity index is 1210. The third-order valence-corrected chi connectivity index (χ3v) is 6.66. The fourth-order valence-corrected chi connectivity index (χ4v) is 4.79. The van der Waals surface area contributed by atoms with Crippen LogP contribution < -0.4 is 10.6 Å². The summed E-state index contributed by atoms with van der Waals surface area (Å²) in [6.45, 7) is 2.87. The average Bonchev–Trinajstić information content (AvgIpc) is 3.37. The molecule has 156 valence electrons. The van der Waals surface area contributed by atoms with Gasteiger partial charge in [0.05, 0.1) is 16.7 Å². The Morgan fingerprint density at radius 1 is 1.30 bits per heavy atom. The molecular formula is C22H26ClN7. The largest absolute Gasteiger partial charge is 0.355 e. The molecule has 3 aromatic heterocycles. The van der Waals surface area contributed by atoms with Crippen molar-refractivity contribution in [2.24, 2.45) is 5.73 Å². The third kappa shape index (κ3) is 3.22. The number of nitrogens with two attached hydrogens (primary N) is 1. The van der Waals surface area contributed by atoms with E-state index in [2.05, 4.69) is 29.0 Å². The number of nitrogens with one attached hydrogen (secondary N) is 1. The highest BCUT2D eigenvalue weighted by molar-refractivity contribution is 6.38. The van der Waals surface area contributed by atoms with Crippen molar-refractivity contribution in [2.45, 2.75) is 51.2 Å². The number of anilines is 1. The second-order valence-corrected chi connectivity index (χ2v) is 8.54.